The average Bonchev–Trinajstić information content (AvgIpc) is 3.48. The topological polar surface area (TPSA) is 91.6 Å². The molecule has 11 heteroatoms. The molecule has 0 aromatic heterocycles. The Labute approximate surface area is 314 Å². The molecule has 1 fully saturated rings. The highest BCUT2D eigenvalue weighted by atomic mass is 31.2. The van der Waals surface area contributed by atoms with Crippen molar-refractivity contribution in [3.05, 3.63) is 95.6 Å². The molecule has 1 aliphatic heterocycles. The summed E-state index contributed by atoms with van der Waals surface area (Å²) in [4.78, 5) is 0. The number of methoxy groups -OCH3 is 2. The smallest absolute Gasteiger partial charge is 0.259 e. The van der Waals surface area contributed by atoms with Gasteiger partial charge < -0.3 is 32.4 Å². The van der Waals surface area contributed by atoms with E-state index >= 15 is 0 Å². The minimum Gasteiger partial charge on any atom is -0.497 e. The van der Waals surface area contributed by atoms with Crippen LogP contribution in [0.1, 0.15) is 78.0 Å². The normalized spacial score (nSPS) is 18.9. The van der Waals surface area contributed by atoms with Gasteiger partial charge in [-0.1, -0.05) is 75.4 Å². The van der Waals surface area contributed by atoms with Crippen LogP contribution < -0.4 is 9.47 Å². The third kappa shape index (κ3) is 10.0. The summed E-state index contributed by atoms with van der Waals surface area (Å²) in [6.45, 7) is 20.2. The summed E-state index contributed by atoms with van der Waals surface area (Å²) in [6, 6.07) is 28.8. The second-order valence-corrected chi connectivity index (χ2v) is 21.4. The molecule has 284 valence electrons. The molecular formula is C41H59N2O7PSi. The van der Waals surface area contributed by atoms with Gasteiger partial charge in [-0.3, -0.25) is 0 Å². The van der Waals surface area contributed by atoms with Crippen LogP contribution in [0.15, 0.2) is 78.9 Å². The van der Waals surface area contributed by atoms with Crippen molar-refractivity contribution in [1.82, 2.24) is 4.67 Å². The molecule has 1 aliphatic rings. The first kappa shape index (κ1) is 41.9. The monoisotopic (exact) mass is 750 g/mol. The zero-order valence-electron chi connectivity index (χ0n) is 32.9. The van der Waals surface area contributed by atoms with E-state index in [1.54, 1.807) is 14.2 Å². The molecule has 0 aliphatic carbocycles. The number of hydrogen-bond acceptors (Lipinski definition) is 9. The highest BCUT2D eigenvalue weighted by Crippen LogP contribution is 2.50. The Kier molecular flexibility index (Phi) is 14.9. The van der Waals surface area contributed by atoms with E-state index in [1.807, 2.05) is 66.7 Å². The molecule has 3 aromatic carbocycles. The lowest BCUT2D eigenvalue weighted by atomic mass is 9.80. The van der Waals surface area contributed by atoms with Gasteiger partial charge in [0.2, 0.25) is 0 Å². The lowest BCUT2D eigenvalue weighted by molar-refractivity contribution is -0.124. The van der Waals surface area contributed by atoms with E-state index in [9.17, 15) is 5.26 Å². The Morgan fingerprint density at radius 3 is 1.83 bits per heavy atom. The van der Waals surface area contributed by atoms with Crippen molar-refractivity contribution in [2.75, 3.05) is 27.4 Å². The molecular weight excluding hydrogens is 692 g/mol. The largest absolute Gasteiger partial charge is 0.497 e. The van der Waals surface area contributed by atoms with Crippen molar-refractivity contribution >= 4 is 16.8 Å². The Morgan fingerprint density at radius 1 is 0.846 bits per heavy atom. The summed E-state index contributed by atoms with van der Waals surface area (Å²) in [5.74, 6) is 1.51. The summed E-state index contributed by atoms with van der Waals surface area (Å²) < 4.78 is 47.7. The van der Waals surface area contributed by atoms with Gasteiger partial charge in [0.15, 0.2) is 14.6 Å². The first-order valence-corrected chi connectivity index (χ1v) is 22.3. The van der Waals surface area contributed by atoms with Gasteiger partial charge in [0, 0.05) is 18.5 Å². The highest BCUT2D eigenvalue weighted by molar-refractivity contribution is 7.44. The fraction of sp³-hybridized carbons (Fsp3) is 0.537. The number of nitrogens with zero attached hydrogens (tertiary/aromatic N) is 2. The summed E-state index contributed by atoms with van der Waals surface area (Å²) in [5.41, 5.74) is 1.80. The van der Waals surface area contributed by atoms with E-state index in [4.69, 9.17) is 32.4 Å². The first-order chi connectivity index (χ1) is 24.7. The van der Waals surface area contributed by atoms with E-state index in [0.717, 1.165) is 28.2 Å². The molecule has 0 N–H and O–H groups in total. The van der Waals surface area contributed by atoms with Crippen LogP contribution in [0.2, 0.25) is 18.1 Å². The second-order valence-electron chi connectivity index (χ2n) is 15.2. The van der Waals surface area contributed by atoms with Crippen molar-refractivity contribution in [3.8, 4) is 17.6 Å². The van der Waals surface area contributed by atoms with Gasteiger partial charge >= 0.3 is 0 Å². The van der Waals surface area contributed by atoms with E-state index in [-0.39, 0.29) is 36.8 Å². The fourth-order valence-corrected chi connectivity index (χ4v) is 9.13. The molecule has 1 heterocycles. The lowest BCUT2D eigenvalue weighted by Gasteiger charge is -2.39. The molecule has 0 radical (unpaired) electrons. The van der Waals surface area contributed by atoms with Crippen molar-refractivity contribution in [2.45, 2.75) is 116 Å². The fourth-order valence-electron chi connectivity index (χ4n) is 6.21. The van der Waals surface area contributed by atoms with E-state index in [2.05, 4.69) is 84.4 Å². The molecule has 0 saturated carbocycles. The van der Waals surface area contributed by atoms with Gasteiger partial charge in [-0.25, -0.2) is 4.67 Å². The van der Waals surface area contributed by atoms with Crippen LogP contribution in [0.5, 0.6) is 11.5 Å². The second kappa shape index (κ2) is 18.5. The van der Waals surface area contributed by atoms with Crippen LogP contribution in [-0.4, -0.2) is 71.0 Å². The summed E-state index contributed by atoms with van der Waals surface area (Å²) in [6.07, 6.45) is -0.562. The van der Waals surface area contributed by atoms with Crippen LogP contribution in [0, 0.1) is 11.3 Å². The molecule has 0 amide bonds. The Morgan fingerprint density at radius 2 is 1.37 bits per heavy atom. The molecule has 4 rings (SSSR count). The zero-order valence-corrected chi connectivity index (χ0v) is 34.8. The molecule has 3 aromatic rings. The van der Waals surface area contributed by atoms with Gasteiger partial charge in [-0.05, 0) is 86.8 Å². The van der Waals surface area contributed by atoms with Gasteiger partial charge in [0.05, 0.1) is 46.0 Å². The number of ether oxygens (including phenoxy) is 4. The number of rotatable bonds is 18. The minimum absolute atomic E-state index is 0.00833. The van der Waals surface area contributed by atoms with Gasteiger partial charge in [0.25, 0.3) is 8.53 Å². The quantitative estimate of drug-likeness (QED) is 0.0545. The molecule has 4 atom stereocenters. The van der Waals surface area contributed by atoms with E-state index in [1.165, 1.54) is 0 Å². The van der Waals surface area contributed by atoms with Crippen LogP contribution in [0.25, 0.3) is 0 Å². The average molecular weight is 751 g/mol. The molecule has 1 saturated heterocycles. The van der Waals surface area contributed by atoms with Gasteiger partial charge in [-0.15, -0.1) is 0 Å². The Hall–Kier alpha value is -2.84. The first-order valence-electron chi connectivity index (χ1n) is 18.2. The standard InChI is InChI=1S/C41H59N2O7PSi/c1-30(2)43(31(3)4)51(47-27-15-26-42)49-37-28-39(50-52(10,11)40(5,6)7)48-38(37)29-46-41(32-16-13-12-14-17-32,33-18-22-35(44-8)23-19-33)34-20-24-36(45-9)25-21-34/h12-14,16-25,30-31,37-39H,15,27-29H2,1-11H3/t37-,38+,39+,51?/m0/s1. The van der Waals surface area contributed by atoms with Gasteiger partial charge in [-0.2, -0.15) is 5.26 Å². The van der Waals surface area contributed by atoms with Crippen LogP contribution >= 0.6 is 8.53 Å². The predicted molar refractivity (Wildman–Crippen MR) is 210 cm³/mol. The van der Waals surface area contributed by atoms with Crippen molar-refractivity contribution in [1.29, 1.82) is 5.26 Å². The third-order valence-corrected chi connectivity index (χ3v) is 16.5. The highest BCUT2D eigenvalue weighted by Gasteiger charge is 2.47. The van der Waals surface area contributed by atoms with Crippen molar-refractivity contribution < 1.29 is 32.4 Å². The van der Waals surface area contributed by atoms with E-state index in [0.29, 0.717) is 6.42 Å². The Balaban J connectivity index is 1.80. The molecule has 0 bridgehead atoms. The maximum atomic E-state index is 9.32. The lowest BCUT2D eigenvalue weighted by Crippen LogP contribution is -2.44. The Bertz CT molecular complexity index is 1500. The molecule has 52 heavy (non-hydrogen) atoms. The molecule has 0 spiro atoms. The van der Waals surface area contributed by atoms with E-state index < -0.39 is 40.9 Å². The number of hydrogen-bond donors (Lipinski definition) is 0. The van der Waals surface area contributed by atoms with Crippen LogP contribution in [-0.2, 0) is 28.5 Å². The van der Waals surface area contributed by atoms with Crippen molar-refractivity contribution in [3.63, 3.8) is 0 Å². The van der Waals surface area contributed by atoms with Crippen LogP contribution in [0.3, 0.4) is 0 Å². The zero-order chi connectivity index (χ0) is 38.1. The maximum Gasteiger partial charge on any atom is 0.259 e. The number of nitriles is 1. The van der Waals surface area contributed by atoms with Crippen molar-refractivity contribution in [2.24, 2.45) is 0 Å². The number of benzene rings is 3. The van der Waals surface area contributed by atoms with Crippen LogP contribution in [0.4, 0.5) is 0 Å². The minimum atomic E-state index is -2.21. The molecule has 1 unspecified atom stereocenters. The molecule has 9 nitrogen and oxygen atoms in total. The summed E-state index contributed by atoms with van der Waals surface area (Å²) in [7, 11) is -0.411. The SMILES string of the molecule is COc1ccc(C(OC[C@H]2O[C@H](O[Si](C)(C)C(C)(C)C)C[C@@H]2OP(OCCC#N)N(C(C)C)C(C)C)(c2ccccc2)c2ccc(OC)cc2)cc1. The third-order valence-electron chi connectivity index (χ3n) is 9.92. The summed E-state index contributed by atoms with van der Waals surface area (Å²) >= 11 is 0. The summed E-state index contributed by atoms with van der Waals surface area (Å²) in [5, 5.41) is 9.31. The maximum absolute atomic E-state index is 9.32. The van der Waals surface area contributed by atoms with Gasteiger partial charge in [0.1, 0.15) is 23.2 Å². The predicted octanol–water partition coefficient (Wildman–Crippen LogP) is 9.81.